The van der Waals surface area contributed by atoms with E-state index in [1.54, 1.807) is 24.3 Å². The molecule has 2 atom stereocenters. The molecule has 0 amide bonds. The van der Waals surface area contributed by atoms with Crippen molar-refractivity contribution in [3.8, 4) is 6.07 Å². The number of alkyl halides is 1. The smallest absolute Gasteiger partial charge is 0.179 e. The summed E-state index contributed by atoms with van der Waals surface area (Å²) in [6.07, 6.45) is 0. The lowest BCUT2D eigenvalue weighted by atomic mass is 9.90. The van der Waals surface area contributed by atoms with Crippen molar-refractivity contribution in [1.82, 2.24) is 0 Å². The summed E-state index contributed by atoms with van der Waals surface area (Å²) in [5.41, 5.74) is 0.731. The zero-order valence-corrected chi connectivity index (χ0v) is 10.0. The fourth-order valence-corrected chi connectivity index (χ4v) is 4.26. The highest BCUT2D eigenvalue weighted by molar-refractivity contribution is 7.91. The van der Waals surface area contributed by atoms with Gasteiger partial charge in [-0.15, -0.1) is 11.6 Å². The third kappa shape index (κ3) is 1.70. The van der Waals surface area contributed by atoms with Gasteiger partial charge in [0.1, 0.15) is 0 Å². The second-order valence-corrected chi connectivity index (χ2v) is 6.13. The molecule has 84 valence electrons. The second kappa shape index (κ2) is 4.08. The quantitative estimate of drug-likeness (QED) is 0.759. The maximum atomic E-state index is 11.8. The third-order valence-electron chi connectivity index (χ3n) is 2.87. The Morgan fingerprint density at radius 1 is 1.50 bits per heavy atom. The molecule has 0 bridgehead atoms. The molecule has 3 nitrogen and oxygen atoms in total. The Labute approximate surface area is 99.6 Å². The molecule has 1 aliphatic rings. The first kappa shape index (κ1) is 11.4. The van der Waals surface area contributed by atoms with Gasteiger partial charge in [0, 0.05) is 11.8 Å². The summed E-state index contributed by atoms with van der Waals surface area (Å²) >= 11 is 5.69. The average Bonchev–Trinajstić information content (AvgIpc) is 2.54. The number of rotatable bonds is 2. The molecular formula is C11H10ClNO2S. The molecule has 1 heterocycles. The molecule has 0 radical (unpaired) electrons. The molecule has 0 saturated carbocycles. The predicted molar refractivity (Wildman–Crippen MR) is 61.1 cm³/mol. The van der Waals surface area contributed by atoms with Crippen molar-refractivity contribution >= 4 is 21.4 Å². The van der Waals surface area contributed by atoms with Gasteiger partial charge >= 0.3 is 0 Å². The standard InChI is InChI=1S/C11H10ClNO2S/c12-5-8(6-13)10-7-16(14,15)11-4-2-1-3-9(10)11/h1-4,8,10H,5,7H2. The number of benzene rings is 1. The van der Waals surface area contributed by atoms with Crippen molar-refractivity contribution < 1.29 is 8.42 Å². The minimum atomic E-state index is -3.23. The molecule has 0 fully saturated rings. The van der Waals surface area contributed by atoms with E-state index in [0.29, 0.717) is 4.90 Å². The summed E-state index contributed by atoms with van der Waals surface area (Å²) in [5.74, 6) is -0.578. The minimum Gasteiger partial charge on any atom is -0.224 e. The molecule has 0 N–H and O–H groups in total. The summed E-state index contributed by atoms with van der Waals surface area (Å²) in [6, 6.07) is 8.91. The summed E-state index contributed by atoms with van der Waals surface area (Å²) in [7, 11) is -3.23. The lowest BCUT2D eigenvalue weighted by molar-refractivity contribution is 0.583. The Morgan fingerprint density at radius 2 is 2.19 bits per heavy atom. The van der Waals surface area contributed by atoms with Crippen LogP contribution in [0.2, 0.25) is 0 Å². The van der Waals surface area contributed by atoms with E-state index >= 15 is 0 Å². The Hall–Kier alpha value is -1.05. The summed E-state index contributed by atoms with van der Waals surface area (Å²) in [6.45, 7) is 0. The van der Waals surface area contributed by atoms with Crippen LogP contribution in [0.25, 0.3) is 0 Å². The highest BCUT2D eigenvalue weighted by Gasteiger charge is 2.38. The molecule has 5 heteroatoms. The van der Waals surface area contributed by atoms with Crippen LogP contribution in [0, 0.1) is 17.2 Å². The zero-order chi connectivity index (χ0) is 11.8. The van der Waals surface area contributed by atoms with Gasteiger partial charge in [-0.3, -0.25) is 0 Å². The Balaban J connectivity index is 2.53. The molecule has 1 aliphatic heterocycles. The van der Waals surface area contributed by atoms with Crippen molar-refractivity contribution in [3.05, 3.63) is 29.8 Å². The number of nitrogens with zero attached hydrogens (tertiary/aromatic N) is 1. The van der Waals surface area contributed by atoms with Gasteiger partial charge in [0.05, 0.1) is 22.6 Å². The number of hydrogen-bond acceptors (Lipinski definition) is 3. The lowest BCUT2D eigenvalue weighted by Gasteiger charge is -2.13. The second-order valence-electron chi connectivity index (χ2n) is 3.82. The van der Waals surface area contributed by atoms with E-state index in [1.165, 1.54) is 0 Å². The highest BCUT2D eigenvalue weighted by atomic mass is 35.5. The van der Waals surface area contributed by atoms with Crippen LogP contribution in [0.3, 0.4) is 0 Å². The van der Waals surface area contributed by atoms with Crippen LogP contribution in [-0.4, -0.2) is 20.1 Å². The van der Waals surface area contributed by atoms with Crippen LogP contribution in [0.1, 0.15) is 11.5 Å². The predicted octanol–water partition coefficient (Wildman–Crippen LogP) is 1.94. The van der Waals surface area contributed by atoms with Gasteiger partial charge in [-0.25, -0.2) is 8.42 Å². The van der Waals surface area contributed by atoms with Gasteiger partial charge in [-0.2, -0.15) is 5.26 Å². The highest BCUT2D eigenvalue weighted by Crippen LogP contribution is 2.39. The number of halogens is 1. The molecular weight excluding hydrogens is 246 g/mol. The molecule has 1 aromatic rings. The Kier molecular flexibility index (Phi) is 2.92. The van der Waals surface area contributed by atoms with Gasteiger partial charge in [0.25, 0.3) is 0 Å². The monoisotopic (exact) mass is 255 g/mol. The van der Waals surface area contributed by atoms with Gasteiger partial charge < -0.3 is 0 Å². The zero-order valence-electron chi connectivity index (χ0n) is 8.43. The van der Waals surface area contributed by atoms with Crippen LogP contribution < -0.4 is 0 Å². The van der Waals surface area contributed by atoms with E-state index in [1.807, 2.05) is 0 Å². The van der Waals surface area contributed by atoms with Crippen LogP contribution in [0.4, 0.5) is 0 Å². The SMILES string of the molecule is N#CC(CCl)C1CS(=O)(=O)c2ccccc21. The van der Waals surface area contributed by atoms with E-state index in [2.05, 4.69) is 6.07 Å². The van der Waals surface area contributed by atoms with E-state index in [0.717, 1.165) is 5.56 Å². The van der Waals surface area contributed by atoms with Crippen molar-refractivity contribution in [1.29, 1.82) is 5.26 Å². The number of hydrogen-bond donors (Lipinski definition) is 0. The van der Waals surface area contributed by atoms with Gasteiger partial charge in [0.2, 0.25) is 0 Å². The molecule has 16 heavy (non-hydrogen) atoms. The fourth-order valence-electron chi connectivity index (χ4n) is 2.05. The maximum Gasteiger partial charge on any atom is 0.179 e. The van der Waals surface area contributed by atoms with Gasteiger partial charge in [0.15, 0.2) is 9.84 Å². The van der Waals surface area contributed by atoms with Crippen molar-refractivity contribution in [3.63, 3.8) is 0 Å². The molecule has 0 aromatic heterocycles. The van der Waals surface area contributed by atoms with E-state index in [9.17, 15) is 8.42 Å². The van der Waals surface area contributed by atoms with Crippen LogP contribution in [-0.2, 0) is 9.84 Å². The van der Waals surface area contributed by atoms with Crippen LogP contribution in [0.15, 0.2) is 29.2 Å². The Morgan fingerprint density at radius 3 is 2.81 bits per heavy atom. The first-order valence-corrected chi connectivity index (χ1v) is 7.06. The van der Waals surface area contributed by atoms with E-state index < -0.39 is 15.8 Å². The summed E-state index contributed by atoms with van der Waals surface area (Å²) in [5, 5.41) is 8.95. The molecule has 2 unspecified atom stereocenters. The van der Waals surface area contributed by atoms with Crippen LogP contribution in [0.5, 0.6) is 0 Å². The van der Waals surface area contributed by atoms with Gasteiger partial charge in [-0.1, -0.05) is 18.2 Å². The first-order chi connectivity index (χ1) is 7.60. The third-order valence-corrected chi connectivity index (χ3v) is 5.04. The molecule has 2 rings (SSSR count). The number of nitriles is 1. The number of fused-ring (bicyclic) bond motifs is 1. The van der Waals surface area contributed by atoms with Crippen molar-refractivity contribution in [2.45, 2.75) is 10.8 Å². The topological polar surface area (TPSA) is 57.9 Å². The van der Waals surface area contributed by atoms with Crippen molar-refractivity contribution in [2.24, 2.45) is 5.92 Å². The minimum absolute atomic E-state index is 0.00269. The normalized spacial score (nSPS) is 23.4. The largest absolute Gasteiger partial charge is 0.224 e. The average molecular weight is 256 g/mol. The number of sulfone groups is 1. The molecule has 0 saturated heterocycles. The maximum absolute atomic E-state index is 11.8. The van der Waals surface area contributed by atoms with Gasteiger partial charge in [-0.05, 0) is 11.6 Å². The summed E-state index contributed by atoms with van der Waals surface area (Å²) in [4.78, 5) is 0.352. The first-order valence-electron chi connectivity index (χ1n) is 4.87. The Bertz CT molecular complexity index is 547. The van der Waals surface area contributed by atoms with E-state index in [-0.39, 0.29) is 17.6 Å². The fraction of sp³-hybridized carbons (Fsp3) is 0.364. The summed E-state index contributed by atoms with van der Waals surface area (Å²) < 4.78 is 23.7. The molecule has 1 aromatic carbocycles. The van der Waals surface area contributed by atoms with Crippen LogP contribution >= 0.6 is 11.6 Å². The molecule has 0 aliphatic carbocycles. The molecule has 0 spiro atoms. The van der Waals surface area contributed by atoms with Crippen molar-refractivity contribution in [2.75, 3.05) is 11.6 Å². The van der Waals surface area contributed by atoms with E-state index in [4.69, 9.17) is 16.9 Å². The lowest BCUT2D eigenvalue weighted by Crippen LogP contribution is -2.14.